The summed E-state index contributed by atoms with van der Waals surface area (Å²) in [6, 6.07) is 10.8. The molecule has 0 spiro atoms. The Bertz CT molecular complexity index is 1340. The van der Waals surface area contributed by atoms with Crippen molar-refractivity contribution in [2.24, 2.45) is 5.92 Å². The van der Waals surface area contributed by atoms with Crippen LogP contribution < -0.4 is 10.7 Å². The molecule has 0 saturated carbocycles. The number of nitrogens with one attached hydrogen (secondary N) is 1. The Labute approximate surface area is 187 Å². The summed E-state index contributed by atoms with van der Waals surface area (Å²) in [4.78, 5) is 25.4. The topological polar surface area (TPSA) is 96.7 Å². The van der Waals surface area contributed by atoms with E-state index in [0.29, 0.717) is 35.7 Å². The van der Waals surface area contributed by atoms with Gasteiger partial charge in [0.2, 0.25) is 10.0 Å². The summed E-state index contributed by atoms with van der Waals surface area (Å²) >= 11 is 0. The number of anilines is 1. The third kappa shape index (κ3) is 4.33. The molecular weight excluding hydrogens is 428 g/mol. The fraction of sp³-hybridized carbons (Fsp3) is 0.333. The summed E-state index contributed by atoms with van der Waals surface area (Å²) < 4.78 is 33.0. The fourth-order valence-electron chi connectivity index (χ4n) is 4.19. The van der Waals surface area contributed by atoms with Gasteiger partial charge in [-0.2, -0.15) is 4.31 Å². The number of piperidine rings is 1. The Kier molecular flexibility index (Phi) is 5.92. The Morgan fingerprint density at radius 1 is 1.12 bits per heavy atom. The average Bonchev–Trinajstić information content (AvgIpc) is 2.73. The SMILES string of the molecule is Cc1cc(C)c2c(=O)cc(C(=O)Nc3ccc(S(=O)(=O)N4CCC[C@H](C)C4)cc3)oc2c1. The summed E-state index contributed by atoms with van der Waals surface area (Å²) in [7, 11) is -3.57. The number of nitrogens with zero attached hydrogens (tertiary/aromatic N) is 1. The number of sulfonamides is 1. The second-order valence-corrected chi connectivity index (χ2v) is 10.5. The first-order valence-corrected chi connectivity index (χ1v) is 12.1. The van der Waals surface area contributed by atoms with Crippen molar-refractivity contribution in [3.05, 3.63) is 69.6 Å². The lowest BCUT2D eigenvalue weighted by Gasteiger charge is -2.30. The second kappa shape index (κ2) is 8.52. The number of carbonyl (C=O) groups excluding carboxylic acids is 1. The minimum absolute atomic E-state index is 0.105. The van der Waals surface area contributed by atoms with Crippen LogP contribution in [-0.4, -0.2) is 31.7 Å². The van der Waals surface area contributed by atoms with E-state index in [1.54, 1.807) is 6.07 Å². The minimum atomic E-state index is -3.57. The van der Waals surface area contributed by atoms with Gasteiger partial charge in [-0.05, 0) is 74.1 Å². The number of benzene rings is 2. The number of amides is 1. The van der Waals surface area contributed by atoms with Gasteiger partial charge in [0, 0.05) is 24.8 Å². The van der Waals surface area contributed by atoms with Crippen molar-refractivity contribution in [3.8, 4) is 0 Å². The highest BCUT2D eigenvalue weighted by molar-refractivity contribution is 7.89. The van der Waals surface area contributed by atoms with Crippen molar-refractivity contribution in [1.29, 1.82) is 0 Å². The molecule has 1 aliphatic rings. The lowest BCUT2D eigenvalue weighted by molar-refractivity contribution is 0.0997. The maximum Gasteiger partial charge on any atom is 0.291 e. The van der Waals surface area contributed by atoms with Crippen molar-refractivity contribution in [2.45, 2.75) is 38.5 Å². The van der Waals surface area contributed by atoms with Gasteiger partial charge in [-0.1, -0.05) is 13.0 Å². The summed E-state index contributed by atoms with van der Waals surface area (Å²) in [6.45, 7) is 6.80. The van der Waals surface area contributed by atoms with Crippen molar-refractivity contribution < 1.29 is 17.6 Å². The van der Waals surface area contributed by atoms with Gasteiger partial charge in [-0.15, -0.1) is 0 Å². The van der Waals surface area contributed by atoms with E-state index in [0.717, 1.165) is 24.0 Å². The molecule has 7 nitrogen and oxygen atoms in total. The number of carbonyl (C=O) groups is 1. The minimum Gasteiger partial charge on any atom is -0.451 e. The molecular formula is C24H26N2O5S. The van der Waals surface area contributed by atoms with E-state index in [4.69, 9.17) is 4.42 Å². The average molecular weight is 455 g/mol. The first kappa shape index (κ1) is 22.2. The number of hydrogen-bond acceptors (Lipinski definition) is 5. The lowest BCUT2D eigenvalue weighted by atomic mass is 10.0. The van der Waals surface area contributed by atoms with Crippen LogP contribution in [0.15, 0.2) is 56.6 Å². The molecule has 0 aliphatic carbocycles. The quantitative estimate of drug-likeness (QED) is 0.641. The summed E-state index contributed by atoms with van der Waals surface area (Å²) in [6.07, 6.45) is 1.88. The molecule has 3 aromatic rings. The van der Waals surface area contributed by atoms with Crippen molar-refractivity contribution in [2.75, 3.05) is 18.4 Å². The molecule has 32 heavy (non-hydrogen) atoms. The number of fused-ring (bicyclic) bond motifs is 1. The standard InChI is InChI=1S/C24H26N2O5S/c1-15-5-4-10-26(14-15)32(29,30)19-8-6-18(7-9-19)25-24(28)22-13-20(27)23-17(3)11-16(2)12-21(23)31-22/h6-9,11-13,15H,4-5,10,14H2,1-3H3,(H,25,28)/t15-/m0/s1. The molecule has 1 aromatic heterocycles. The van der Waals surface area contributed by atoms with Crippen LogP contribution in [-0.2, 0) is 10.0 Å². The normalized spacial score (nSPS) is 17.4. The van der Waals surface area contributed by atoms with E-state index in [1.807, 2.05) is 26.8 Å². The Balaban J connectivity index is 1.55. The zero-order chi connectivity index (χ0) is 23.0. The highest BCUT2D eigenvalue weighted by atomic mass is 32.2. The van der Waals surface area contributed by atoms with E-state index in [1.165, 1.54) is 34.6 Å². The van der Waals surface area contributed by atoms with E-state index >= 15 is 0 Å². The summed E-state index contributed by atoms with van der Waals surface area (Å²) in [5.41, 5.74) is 2.20. The van der Waals surface area contributed by atoms with Gasteiger partial charge in [0.05, 0.1) is 10.3 Å². The summed E-state index contributed by atoms with van der Waals surface area (Å²) in [5, 5.41) is 3.12. The van der Waals surface area contributed by atoms with E-state index in [-0.39, 0.29) is 16.1 Å². The zero-order valence-corrected chi connectivity index (χ0v) is 19.2. The predicted octanol–water partition coefficient (Wildman–Crippen LogP) is 4.08. The van der Waals surface area contributed by atoms with Crippen molar-refractivity contribution >= 4 is 32.6 Å². The number of rotatable bonds is 4. The smallest absolute Gasteiger partial charge is 0.291 e. The zero-order valence-electron chi connectivity index (χ0n) is 18.3. The highest BCUT2D eigenvalue weighted by Gasteiger charge is 2.28. The molecule has 1 saturated heterocycles. The van der Waals surface area contributed by atoms with E-state index in [9.17, 15) is 18.0 Å². The van der Waals surface area contributed by atoms with Crippen LogP contribution in [0.4, 0.5) is 5.69 Å². The molecule has 1 fully saturated rings. The van der Waals surface area contributed by atoms with E-state index in [2.05, 4.69) is 5.32 Å². The van der Waals surface area contributed by atoms with Crippen LogP contribution in [0.5, 0.6) is 0 Å². The van der Waals surface area contributed by atoms with Gasteiger partial charge >= 0.3 is 0 Å². The van der Waals surface area contributed by atoms with Crippen LogP contribution in [0, 0.1) is 19.8 Å². The third-order valence-corrected chi connectivity index (χ3v) is 7.65. The maximum absolute atomic E-state index is 12.9. The lowest BCUT2D eigenvalue weighted by Crippen LogP contribution is -2.39. The molecule has 2 aromatic carbocycles. The molecule has 0 bridgehead atoms. The second-order valence-electron chi connectivity index (χ2n) is 8.52. The maximum atomic E-state index is 12.9. The first-order chi connectivity index (χ1) is 15.1. The molecule has 1 N–H and O–H groups in total. The van der Waals surface area contributed by atoms with Gasteiger partial charge in [0.25, 0.3) is 5.91 Å². The number of hydrogen-bond donors (Lipinski definition) is 1. The van der Waals surface area contributed by atoms with Gasteiger partial charge in [0.1, 0.15) is 5.58 Å². The fourth-order valence-corrected chi connectivity index (χ4v) is 5.79. The molecule has 2 heterocycles. The van der Waals surface area contributed by atoms with Gasteiger partial charge in [-0.25, -0.2) is 8.42 Å². The largest absolute Gasteiger partial charge is 0.451 e. The first-order valence-electron chi connectivity index (χ1n) is 10.6. The van der Waals surface area contributed by atoms with Crippen LogP contribution in [0.2, 0.25) is 0 Å². The molecule has 1 atom stereocenters. The van der Waals surface area contributed by atoms with Gasteiger partial charge in [0.15, 0.2) is 11.2 Å². The molecule has 1 aliphatic heterocycles. The number of aryl methyl sites for hydroxylation is 2. The van der Waals surface area contributed by atoms with Crippen LogP contribution in [0.1, 0.15) is 41.4 Å². The Morgan fingerprint density at radius 3 is 2.53 bits per heavy atom. The van der Waals surface area contributed by atoms with E-state index < -0.39 is 15.9 Å². The molecule has 0 unspecified atom stereocenters. The monoisotopic (exact) mass is 454 g/mol. The molecule has 4 rings (SSSR count). The van der Waals surface area contributed by atoms with Gasteiger partial charge in [-0.3, -0.25) is 9.59 Å². The third-order valence-electron chi connectivity index (χ3n) is 5.77. The van der Waals surface area contributed by atoms with Crippen LogP contribution in [0.25, 0.3) is 11.0 Å². The molecule has 168 valence electrons. The van der Waals surface area contributed by atoms with Gasteiger partial charge < -0.3 is 9.73 Å². The molecule has 1 amide bonds. The van der Waals surface area contributed by atoms with Crippen LogP contribution >= 0.6 is 0 Å². The predicted molar refractivity (Wildman–Crippen MR) is 124 cm³/mol. The Morgan fingerprint density at radius 2 is 1.84 bits per heavy atom. The summed E-state index contributed by atoms with van der Waals surface area (Å²) in [5.74, 6) is -0.351. The molecule has 0 radical (unpaired) electrons. The van der Waals surface area contributed by atoms with Crippen molar-refractivity contribution in [1.82, 2.24) is 4.31 Å². The van der Waals surface area contributed by atoms with Crippen molar-refractivity contribution in [3.63, 3.8) is 0 Å². The Hall–Kier alpha value is -2.97. The van der Waals surface area contributed by atoms with Crippen LogP contribution in [0.3, 0.4) is 0 Å². The molecule has 8 heteroatoms. The highest BCUT2D eigenvalue weighted by Crippen LogP contribution is 2.25.